The van der Waals surface area contributed by atoms with Crippen molar-refractivity contribution in [2.24, 2.45) is 0 Å². The molecule has 0 aliphatic carbocycles. The summed E-state index contributed by atoms with van der Waals surface area (Å²) in [5.74, 6) is -0.531. The highest BCUT2D eigenvalue weighted by Gasteiger charge is 2.14. The zero-order valence-electron chi connectivity index (χ0n) is 10.9. The summed E-state index contributed by atoms with van der Waals surface area (Å²) < 4.78 is 6.20. The second-order valence-electron chi connectivity index (χ2n) is 4.12. The number of aromatic nitrogens is 3. The minimum Gasteiger partial charge on any atom is -0.461 e. The second-order valence-corrected chi connectivity index (χ2v) is 4.55. The van der Waals surface area contributed by atoms with Crippen LogP contribution in [0.3, 0.4) is 0 Å². The minimum absolute atomic E-state index is 0.116. The number of rotatable bonds is 5. The number of nitrogens with zero attached hydrogens (tertiary/aromatic N) is 3. The standard InChI is InChI=1S/C13H14ClN3O3/c1-2-20-13(19)11-7-17(16-15-11)8-12(18)9-4-3-5-10(14)6-9/h3-7,12,18H,2,8H2,1H3/t12-/m1/s1. The van der Waals surface area contributed by atoms with Gasteiger partial charge in [-0.2, -0.15) is 0 Å². The molecule has 106 valence electrons. The third-order valence-corrected chi connectivity index (χ3v) is 2.85. The Kier molecular flexibility index (Phi) is 4.70. The Labute approximate surface area is 120 Å². The molecular formula is C13H14ClN3O3. The first-order chi connectivity index (χ1) is 9.60. The van der Waals surface area contributed by atoms with E-state index in [0.717, 1.165) is 0 Å². The Bertz CT molecular complexity index is 600. The number of ether oxygens (including phenoxy) is 1. The summed E-state index contributed by atoms with van der Waals surface area (Å²) in [5, 5.41) is 18.1. The number of aliphatic hydroxyl groups excluding tert-OH is 1. The highest BCUT2D eigenvalue weighted by atomic mass is 35.5. The van der Waals surface area contributed by atoms with Gasteiger partial charge in [-0.1, -0.05) is 28.9 Å². The highest BCUT2D eigenvalue weighted by molar-refractivity contribution is 6.30. The van der Waals surface area contributed by atoms with Crippen LogP contribution in [0.4, 0.5) is 0 Å². The molecule has 1 heterocycles. The molecule has 0 radical (unpaired) electrons. The molecule has 0 saturated heterocycles. The van der Waals surface area contributed by atoms with Crippen molar-refractivity contribution in [2.75, 3.05) is 6.61 Å². The Morgan fingerprint density at radius 2 is 2.35 bits per heavy atom. The molecule has 1 aromatic carbocycles. The second kappa shape index (κ2) is 6.49. The van der Waals surface area contributed by atoms with Crippen molar-refractivity contribution in [1.29, 1.82) is 0 Å². The zero-order chi connectivity index (χ0) is 14.5. The summed E-state index contributed by atoms with van der Waals surface area (Å²) in [7, 11) is 0. The molecule has 0 unspecified atom stereocenters. The molecule has 1 aromatic heterocycles. The summed E-state index contributed by atoms with van der Waals surface area (Å²) in [6.45, 7) is 2.16. The van der Waals surface area contributed by atoms with Crippen molar-refractivity contribution in [3.8, 4) is 0 Å². The average molecular weight is 296 g/mol. The molecule has 2 rings (SSSR count). The van der Waals surface area contributed by atoms with Gasteiger partial charge in [-0.05, 0) is 24.6 Å². The lowest BCUT2D eigenvalue weighted by molar-refractivity contribution is 0.0519. The first-order valence-corrected chi connectivity index (χ1v) is 6.48. The summed E-state index contributed by atoms with van der Waals surface area (Å²) in [5.41, 5.74) is 0.788. The Hall–Kier alpha value is -1.92. The lowest BCUT2D eigenvalue weighted by Crippen LogP contribution is -2.09. The van der Waals surface area contributed by atoms with Crippen molar-refractivity contribution in [1.82, 2.24) is 15.0 Å². The van der Waals surface area contributed by atoms with Gasteiger partial charge in [-0.15, -0.1) is 5.10 Å². The highest BCUT2D eigenvalue weighted by Crippen LogP contribution is 2.18. The predicted octanol–water partition coefficient (Wildman–Crippen LogP) is 1.84. The lowest BCUT2D eigenvalue weighted by Gasteiger charge is -2.10. The van der Waals surface area contributed by atoms with Gasteiger partial charge in [0.1, 0.15) is 0 Å². The van der Waals surface area contributed by atoms with Crippen LogP contribution in [-0.2, 0) is 11.3 Å². The Balaban J connectivity index is 2.05. The van der Waals surface area contributed by atoms with E-state index in [-0.39, 0.29) is 18.8 Å². The van der Waals surface area contributed by atoms with Crippen molar-refractivity contribution >= 4 is 17.6 Å². The van der Waals surface area contributed by atoms with Gasteiger partial charge in [0.05, 0.1) is 25.5 Å². The van der Waals surface area contributed by atoms with Crippen LogP contribution >= 0.6 is 11.6 Å². The van der Waals surface area contributed by atoms with E-state index >= 15 is 0 Å². The Morgan fingerprint density at radius 1 is 1.55 bits per heavy atom. The van der Waals surface area contributed by atoms with Crippen LogP contribution in [0.1, 0.15) is 29.1 Å². The van der Waals surface area contributed by atoms with Crippen LogP contribution < -0.4 is 0 Å². The van der Waals surface area contributed by atoms with Gasteiger partial charge in [0, 0.05) is 5.02 Å². The van der Waals surface area contributed by atoms with E-state index in [1.807, 2.05) is 0 Å². The van der Waals surface area contributed by atoms with E-state index < -0.39 is 12.1 Å². The molecule has 20 heavy (non-hydrogen) atoms. The molecule has 0 aliphatic heterocycles. The molecule has 0 bridgehead atoms. The van der Waals surface area contributed by atoms with Crippen LogP contribution in [-0.4, -0.2) is 32.7 Å². The maximum atomic E-state index is 11.4. The smallest absolute Gasteiger partial charge is 0.360 e. The Morgan fingerprint density at radius 3 is 3.05 bits per heavy atom. The maximum absolute atomic E-state index is 11.4. The third kappa shape index (κ3) is 3.55. The van der Waals surface area contributed by atoms with Gasteiger partial charge in [0.15, 0.2) is 5.69 Å². The number of carbonyl (C=O) groups is 1. The summed E-state index contributed by atoms with van der Waals surface area (Å²) in [6.07, 6.45) is 0.650. The van der Waals surface area contributed by atoms with Crippen LogP contribution in [0.15, 0.2) is 30.5 Å². The number of hydrogen-bond acceptors (Lipinski definition) is 5. The summed E-state index contributed by atoms with van der Waals surface area (Å²) in [6, 6.07) is 6.92. The molecule has 7 heteroatoms. The molecule has 2 aromatic rings. The number of benzene rings is 1. The molecular weight excluding hydrogens is 282 g/mol. The van der Waals surface area contributed by atoms with Crippen LogP contribution in [0.2, 0.25) is 5.02 Å². The number of hydrogen-bond donors (Lipinski definition) is 1. The van der Waals surface area contributed by atoms with E-state index in [0.29, 0.717) is 10.6 Å². The van der Waals surface area contributed by atoms with E-state index in [1.54, 1.807) is 31.2 Å². The molecule has 6 nitrogen and oxygen atoms in total. The fraction of sp³-hybridized carbons (Fsp3) is 0.308. The fourth-order valence-electron chi connectivity index (χ4n) is 1.68. The van der Waals surface area contributed by atoms with Crippen molar-refractivity contribution in [3.63, 3.8) is 0 Å². The van der Waals surface area contributed by atoms with E-state index in [4.69, 9.17) is 16.3 Å². The monoisotopic (exact) mass is 295 g/mol. The van der Waals surface area contributed by atoms with Gasteiger partial charge in [0.25, 0.3) is 0 Å². The van der Waals surface area contributed by atoms with Crippen LogP contribution in [0.25, 0.3) is 0 Å². The molecule has 1 N–H and O–H groups in total. The molecule has 0 aliphatic rings. The first kappa shape index (κ1) is 14.5. The SMILES string of the molecule is CCOC(=O)c1cn(C[C@@H](O)c2cccc(Cl)c2)nn1. The largest absolute Gasteiger partial charge is 0.461 e. The van der Waals surface area contributed by atoms with Crippen molar-refractivity contribution in [2.45, 2.75) is 19.6 Å². The molecule has 0 amide bonds. The molecule has 0 fully saturated rings. The lowest BCUT2D eigenvalue weighted by atomic mass is 10.1. The van der Waals surface area contributed by atoms with E-state index in [2.05, 4.69) is 10.3 Å². The van der Waals surface area contributed by atoms with Gasteiger partial charge in [-0.3, -0.25) is 0 Å². The summed E-state index contributed by atoms with van der Waals surface area (Å²) in [4.78, 5) is 11.4. The normalized spacial score (nSPS) is 12.2. The van der Waals surface area contributed by atoms with Crippen molar-refractivity contribution < 1.29 is 14.6 Å². The van der Waals surface area contributed by atoms with Crippen LogP contribution in [0.5, 0.6) is 0 Å². The minimum atomic E-state index is -0.787. The maximum Gasteiger partial charge on any atom is 0.360 e. The molecule has 1 atom stereocenters. The molecule has 0 saturated carbocycles. The fourth-order valence-corrected chi connectivity index (χ4v) is 1.88. The molecule has 0 spiro atoms. The zero-order valence-corrected chi connectivity index (χ0v) is 11.6. The first-order valence-electron chi connectivity index (χ1n) is 6.11. The van der Waals surface area contributed by atoms with Gasteiger partial charge < -0.3 is 9.84 Å². The topological polar surface area (TPSA) is 77.2 Å². The van der Waals surface area contributed by atoms with E-state index in [9.17, 15) is 9.90 Å². The van der Waals surface area contributed by atoms with Crippen molar-refractivity contribution in [3.05, 3.63) is 46.7 Å². The number of esters is 1. The van der Waals surface area contributed by atoms with E-state index in [1.165, 1.54) is 10.9 Å². The van der Waals surface area contributed by atoms with Gasteiger partial charge in [-0.25, -0.2) is 9.48 Å². The quantitative estimate of drug-likeness (QED) is 0.852. The number of halogens is 1. The van der Waals surface area contributed by atoms with Gasteiger partial charge >= 0.3 is 5.97 Å². The summed E-state index contributed by atoms with van der Waals surface area (Å²) >= 11 is 5.87. The number of carbonyl (C=O) groups excluding carboxylic acids is 1. The average Bonchev–Trinajstić information content (AvgIpc) is 2.87. The third-order valence-electron chi connectivity index (χ3n) is 2.62. The van der Waals surface area contributed by atoms with Gasteiger partial charge in [0.2, 0.25) is 0 Å². The predicted molar refractivity (Wildman–Crippen MR) is 72.4 cm³/mol. The van der Waals surface area contributed by atoms with Crippen LogP contribution in [0, 0.1) is 0 Å². The number of aliphatic hydroxyl groups is 1.